The molecule has 0 aromatic heterocycles. The summed E-state index contributed by atoms with van der Waals surface area (Å²) in [5.74, 6) is -0.0992. The van der Waals surface area contributed by atoms with Crippen LogP contribution in [0, 0.1) is 11.3 Å². The van der Waals surface area contributed by atoms with Crippen LogP contribution >= 0.6 is 0 Å². The van der Waals surface area contributed by atoms with Gasteiger partial charge in [-0.2, -0.15) is 0 Å². The van der Waals surface area contributed by atoms with E-state index in [1.807, 2.05) is 65.0 Å². The van der Waals surface area contributed by atoms with E-state index >= 15 is 0 Å². The molecule has 0 heterocycles. The molecule has 2 atom stereocenters. The van der Waals surface area contributed by atoms with E-state index in [2.05, 4.69) is 10.6 Å². The second-order valence-corrected chi connectivity index (χ2v) is 7.37. The summed E-state index contributed by atoms with van der Waals surface area (Å²) >= 11 is 0. The number of nitrogens with one attached hydrogen (secondary N) is 2. The number of amides is 2. The summed E-state index contributed by atoms with van der Waals surface area (Å²) in [6.07, 6.45) is 1.24. The number of carbonyl (C=O) groups excluding carboxylic acids is 2. The van der Waals surface area contributed by atoms with Gasteiger partial charge in [0.2, 0.25) is 11.8 Å². The van der Waals surface area contributed by atoms with E-state index in [-0.39, 0.29) is 23.1 Å². The fourth-order valence-electron chi connectivity index (χ4n) is 2.30. The van der Waals surface area contributed by atoms with Crippen molar-refractivity contribution < 1.29 is 9.59 Å². The molecule has 1 aromatic carbocycles. The van der Waals surface area contributed by atoms with Crippen molar-refractivity contribution in [1.82, 2.24) is 10.6 Å². The molecule has 0 aliphatic carbocycles. The largest absolute Gasteiger partial charge is 0.350 e. The highest BCUT2D eigenvalue weighted by molar-refractivity contribution is 5.88. The minimum absolute atomic E-state index is 0.0716. The Hall–Kier alpha value is -1.84. The Bertz CT molecular complexity index is 506. The van der Waals surface area contributed by atoms with Crippen LogP contribution in [0.5, 0.6) is 0 Å². The van der Waals surface area contributed by atoms with Gasteiger partial charge in [0, 0.05) is 13.0 Å². The van der Waals surface area contributed by atoms with Gasteiger partial charge in [-0.15, -0.1) is 0 Å². The van der Waals surface area contributed by atoms with Crippen LogP contribution in [-0.4, -0.2) is 17.9 Å². The second kappa shape index (κ2) is 8.70. The molecule has 2 unspecified atom stereocenters. The fraction of sp³-hybridized carbons (Fsp3) is 0.579. The Morgan fingerprint density at radius 2 is 1.74 bits per heavy atom. The number of benzene rings is 1. The van der Waals surface area contributed by atoms with Crippen LogP contribution in [0.15, 0.2) is 30.3 Å². The van der Waals surface area contributed by atoms with E-state index in [0.29, 0.717) is 13.0 Å². The van der Waals surface area contributed by atoms with Gasteiger partial charge in [0.15, 0.2) is 0 Å². The molecule has 2 amide bonds. The highest BCUT2D eigenvalue weighted by Gasteiger charge is 2.27. The lowest BCUT2D eigenvalue weighted by Crippen LogP contribution is -2.50. The van der Waals surface area contributed by atoms with E-state index in [1.165, 1.54) is 0 Å². The minimum atomic E-state index is -0.487. The van der Waals surface area contributed by atoms with Gasteiger partial charge in [0.1, 0.15) is 6.04 Å². The van der Waals surface area contributed by atoms with Gasteiger partial charge in [-0.05, 0) is 16.9 Å². The van der Waals surface area contributed by atoms with Crippen molar-refractivity contribution >= 4 is 11.8 Å². The lowest BCUT2D eigenvalue weighted by Gasteiger charge is -2.25. The molecule has 0 radical (unpaired) electrons. The number of hydrogen-bond acceptors (Lipinski definition) is 2. The van der Waals surface area contributed by atoms with Crippen LogP contribution in [0.3, 0.4) is 0 Å². The average Bonchev–Trinajstić information content (AvgIpc) is 2.49. The number of carbonyl (C=O) groups is 2. The maximum atomic E-state index is 12.5. The van der Waals surface area contributed by atoms with Gasteiger partial charge < -0.3 is 10.6 Å². The molecule has 0 aliphatic rings. The van der Waals surface area contributed by atoms with Crippen LogP contribution in [-0.2, 0) is 16.1 Å². The molecule has 0 spiro atoms. The Morgan fingerprint density at radius 1 is 1.13 bits per heavy atom. The second-order valence-electron chi connectivity index (χ2n) is 7.37. The zero-order chi connectivity index (χ0) is 17.5. The van der Waals surface area contributed by atoms with Gasteiger partial charge >= 0.3 is 0 Å². The van der Waals surface area contributed by atoms with E-state index in [0.717, 1.165) is 12.0 Å². The zero-order valence-electron chi connectivity index (χ0n) is 15.0. The maximum absolute atomic E-state index is 12.5. The zero-order valence-corrected chi connectivity index (χ0v) is 15.0. The molecular weight excluding hydrogens is 288 g/mol. The molecule has 2 N–H and O–H groups in total. The summed E-state index contributed by atoms with van der Waals surface area (Å²) in [7, 11) is 0. The van der Waals surface area contributed by atoms with E-state index in [1.54, 1.807) is 0 Å². The molecule has 0 fully saturated rings. The van der Waals surface area contributed by atoms with Crippen molar-refractivity contribution in [3.63, 3.8) is 0 Å². The first kappa shape index (κ1) is 19.2. The van der Waals surface area contributed by atoms with Crippen LogP contribution in [0.25, 0.3) is 0 Å². The normalized spacial score (nSPS) is 14.0. The summed E-state index contributed by atoms with van der Waals surface area (Å²) in [6, 6.07) is 9.28. The molecule has 0 saturated heterocycles. The van der Waals surface area contributed by atoms with Crippen molar-refractivity contribution in [3.8, 4) is 0 Å². The van der Waals surface area contributed by atoms with Gasteiger partial charge in [0.25, 0.3) is 0 Å². The monoisotopic (exact) mass is 318 g/mol. The molecule has 1 aromatic rings. The van der Waals surface area contributed by atoms with Crippen molar-refractivity contribution in [2.45, 2.75) is 60.0 Å². The Morgan fingerprint density at radius 3 is 2.26 bits per heavy atom. The maximum Gasteiger partial charge on any atom is 0.243 e. The number of rotatable bonds is 7. The standard InChI is InChI=1S/C19H30N2O2/c1-6-14(2)17(21-16(22)12-19(3,4)5)18(23)20-13-15-10-8-7-9-11-15/h7-11,14,17H,6,12-13H2,1-5H3,(H,20,23)(H,21,22). The first-order chi connectivity index (χ1) is 10.7. The average molecular weight is 318 g/mol. The highest BCUT2D eigenvalue weighted by atomic mass is 16.2. The third-order valence-corrected chi connectivity index (χ3v) is 3.81. The lowest BCUT2D eigenvalue weighted by atomic mass is 9.91. The molecular formula is C19H30N2O2. The molecule has 128 valence electrons. The van der Waals surface area contributed by atoms with Crippen molar-refractivity contribution in [3.05, 3.63) is 35.9 Å². The quantitative estimate of drug-likeness (QED) is 0.810. The predicted octanol–water partition coefficient (Wildman–Crippen LogP) is 3.27. The fourth-order valence-corrected chi connectivity index (χ4v) is 2.30. The van der Waals surface area contributed by atoms with Crippen molar-refractivity contribution in [2.75, 3.05) is 0 Å². The van der Waals surface area contributed by atoms with Crippen LogP contribution in [0.1, 0.15) is 53.0 Å². The van der Waals surface area contributed by atoms with Gasteiger partial charge in [-0.3, -0.25) is 9.59 Å². The third-order valence-electron chi connectivity index (χ3n) is 3.81. The molecule has 4 nitrogen and oxygen atoms in total. The highest BCUT2D eigenvalue weighted by Crippen LogP contribution is 2.18. The summed E-state index contributed by atoms with van der Waals surface area (Å²) in [5.41, 5.74) is 0.953. The molecule has 0 aliphatic heterocycles. The topological polar surface area (TPSA) is 58.2 Å². The van der Waals surface area contributed by atoms with E-state index in [9.17, 15) is 9.59 Å². The molecule has 4 heteroatoms. The van der Waals surface area contributed by atoms with Crippen molar-refractivity contribution in [2.24, 2.45) is 11.3 Å². The Labute approximate surface area is 140 Å². The molecule has 1 rings (SSSR count). The van der Waals surface area contributed by atoms with Crippen LogP contribution in [0.2, 0.25) is 0 Å². The first-order valence-corrected chi connectivity index (χ1v) is 8.34. The SMILES string of the molecule is CCC(C)C(NC(=O)CC(C)(C)C)C(=O)NCc1ccccc1. The molecule has 0 saturated carbocycles. The summed E-state index contributed by atoms with van der Waals surface area (Å²) in [4.78, 5) is 24.7. The van der Waals surface area contributed by atoms with Crippen LogP contribution < -0.4 is 10.6 Å². The molecule has 0 bridgehead atoms. The first-order valence-electron chi connectivity index (χ1n) is 8.34. The van der Waals surface area contributed by atoms with E-state index < -0.39 is 6.04 Å². The summed E-state index contributed by atoms with van der Waals surface area (Å²) in [5, 5.41) is 5.84. The number of hydrogen-bond donors (Lipinski definition) is 2. The van der Waals surface area contributed by atoms with Gasteiger partial charge in [0.05, 0.1) is 0 Å². The lowest BCUT2D eigenvalue weighted by molar-refractivity contribution is -0.131. The predicted molar refractivity (Wildman–Crippen MR) is 93.7 cm³/mol. The van der Waals surface area contributed by atoms with Gasteiger partial charge in [-0.25, -0.2) is 0 Å². The minimum Gasteiger partial charge on any atom is -0.350 e. The van der Waals surface area contributed by atoms with E-state index in [4.69, 9.17) is 0 Å². The smallest absolute Gasteiger partial charge is 0.243 e. The summed E-state index contributed by atoms with van der Waals surface area (Å²) in [6.45, 7) is 10.5. The van der Waals surface area contributed by atoms with Gasteiger partial charge in [-0.1, -0.05) is 71.4 Å². The Balaban J connectivity index is 2.65. The Kier molecular flexibility index (Phi) is 7.27. The van der Waals surface area contributed by atoms with Crippen molar-refractivity contribution in [1.29, 1.82) is 0 Å². The summed E-state index contributed by atoms with van der Waals surface area (Å²) < 4.78 is 0. The molecule has 23 heavy (non-hydrogen) atoms. The van der Waals surface area contributed by atoms with Crippen LogP contribution in [0.4, 0.5) is 0 Å². The third kappa shape index (κ3) is 7.31.